The van der Waals surface area contributed by atoms with Crippen LogP contribution >= 0.6 is 0 Å². The van der Waals surface area contributed by atoms with Gasteiger partial charge in [0.15, 0.2) is 0 Å². The number of hydrogen-bond donors (Lipinski definition) is 1. The zero-order valence-electron chi connectivity index (χ0n) is 14.2. The molecular weight excluding hydrogens is 322 g/mol. The molecule has 132 valence electrons. The summed E-state index contributed by atoms with van der Waals surface area (Å²) in [6, 6.07) is 8.66. The fourth-order valence-electron chi connectivity index (χ4n) is 3.78. The molecule has 0 unspecified atom stereocenters. The largest absolute Gasteiger partial charge is 0.314 e. The first-order valence-electron chi connectivity index (χ1n) is 9.18. The second-order valence-electron chi connectivity index (χ2n) is 7.38. The van der Waals surface area contributed by atoms with E-state index in [1.807, 2.05) is 18.2 Å². The van der Waals surface area contributed by atoms with E-state index in [1.54, 1.807) is 8.61 Å². The molecule has 0 radical (unpaired) electrons. The SMILES string of the molecule is O=S(=O)(N1CCC(NCC2CC2)CC1)N1CCc2ccccc2C1. The molecule has 0 atom stereocenters. The van der Waals surface area contributed by atoms with E-state index in [0.717, 1.165) is 37.3 Å². The van der Waals surface area contributed by atoms with Gasteiger partial charge in [-0.3, -0.25) is 0 Å². The molecule has 24 heavy (non-hydrogen) atoms. The molecule has 0 bridgehead atoms. The summed E-state index contributed by atoms with van der Waals surface area (Å²) in [5.74, 6) is 0.875. The second kappa shape index (κ2) is 6.75. The van der Waals surface area contributed by atoms with E-state index < -0.39 is 10.2 Å². The fraction of sp³-hybridized carbons (Fsp3) is 0.667. The first kappa shape index (κ1) is 16.5. The number of benzene rings is 1. The molecule has 0 spiro atoms. The van der Waals surface area contributed by atoms with Crippen molar-refractivity contribution >= 4 is 10.2 Å². The fourth-order valence-corrected chi connectivity index (χ4v) is 5.40. The van der Waals surface area contributed by atoms with Crippen molar-refractivity contribution in [2.24, 2.45) is 5.92 Å². The molecule has 1 aliphatic carbocycles. The van der Waals surface area contributed by atoms with Crippen LogP contribution in [0, 0.1) is 5.92 Å². The van der Waals surface area contributed by atoms with Crippen molar-refractivity contribution in [3.63, 3.8) is 0 Å². The molecule has 1 aromatic rings. The summed E-state index contributed by atoms with van der Waals surface area (Å²) in [6.45, 7) is 3.50. The molecule has 3 aliphatic rings. The summed E-state index contributed by atoms with van der Waals surface area (Å²) < 4.78 is 29.3. The van der Waals surface area contributed by atoms with E-state index in [4.69, 9.17) is 0 Å². The van der Waals surface area contributed by atoms with Gasteiger partial charge in [0.1, 0.15) is 0 Å². The Labute approximate surface area is 145 Å². The topological polar surface area (TPSA) is 52.7 Å². The molecule has 1 saturated carbocycles. The van der Waals surface area contributed by atoms with Crippen LogP contribution in [0.3, 0.4) is 0 Å². The van der Waals surface area contributed by atoms with Crippen LogP contribution in [0.4, 0.5) is 0 Å². The van der Waals surface area contributed by atoms with Gasteiger partial charge in [0.25, 0.3) is 10.2 Å². The molecule has 6 heteroatoms. The maximum atomic E-state index is 13.0. The van der Waals surface area contributed by atoms with E-state index in [0.29, 0.717) is 32.2 Å². The van der Waals surface area contributed by atoms with E-state index in [9.17, 15) is 8.42 Å². The number of hydrogen-bond acceptors (Lipinski definition) is 3. The molecule has 1 N–H and O–H groups in total. The van der Waals surface area contributed by atoms with E-state index in [2.05, 4.69) is 11.4 Å². The molecule has 1 saturated heterocycles. The Morgan fingerprint density at radius 3 is 2.38 bits per heavy atom. The van der Waals surface area contributed by atoms with E-state index >= 15 is 0 Å². The van der Waals surface area contributed by atoms with Gasteiger partial charge in [-0.15, -0.1) is 0 Å². The molecule has 0 amide bonds. The highest BCUT2D eigenvalue weighted by molar-refractivity contribution is 7.86. The summed E-state index contributed by atoms with van der Waals surface area (Å²) in [5.41, 5.74) is 2.43. The summed E-state index contributed by atoms with van der Waals surface area (Å²) in [7, 11) is -3.33. The highest BCUT2D eigenvalue weighted by atomic mass is 32.2. The van der Waals surface area contributed by atoms with Gasteiger partial charge in [0.2, 0.25) is 0 Å². The van der Waals surface area contributed by atoms with Gasteiger partial charge < -0.3 is 5.32 Å². The van der Waals surface area contributed by atoms with Crippen LogP contribution in [-0.4, -0.2) is 49.2 Å². The minimum absolute atomic E-state index is 0.485. The maximum Gasteiger partial charge on any atom is 0.282 e. The average molecular weight is 350 g/mol. The lowest BCUT2D eigenvalue weighted by atomic mass is 10.0. The summed E-state index contributed by atoms with van der Waals surface area (Å²) in [4.78, 5) is 0. The highest BCUT2D eigenvalue weighted by Crippen LogP contribution is 2.28. The van der Waals surface area contributed by atoms with Crippen molar-refractivity contribution in [1.29, 1.82) is 0 Å². The third kappa shape index (κ3) is 3.52. The Bertz CT molecular complexity index is 679. The smallest absolute Gasteiger partial charge is 0.282 e. The van der Waals surface area contributed by atoms with E-state index in [-0.39, 0.29) is 0 Å². The van der Waals surface area contributed by atoms with Crippen molar-refractivity contribution in [2.75, 3.05) is 26.2 Å². The van der Waals surface area contributed by atoms with Crippen LogP contribution < -0.4 is 5.32 Å². The third-order valence-corrected chi connectivity index (χ3v) is 7.58. The van der Waals surface area contributed by atoms with Gasteiger partial charge in [-0.25, -0.2) is 0 Å². The minimum Gasteiger partial charge on any atom is -0.314 e. The first-order chi connectivity index (χ1) is 11.6. The van der Waals surface area contributed by atoms with E-state index in [1.165, 1.54) is 18.4 Å². The predicted octanol–water partition coefficient (Wildman–Crippen LogP) is 1.75. The third-order valence-electron chi connectivity index (χ3n) is 5.59. The summed E-state index contributed by atoms with van der Waals surface area (Å²) in [6.07, 6.45) is 5.38. The van der Waals surface area contributed by atoms with Gasteiger partial charge in [-0.05, 0) is 55.7 Å². The Kier molecular flexibility index (Phi) is 4.64. The van der Waals surface area contributed by atoms with Crippen molar-refractivity contribution < 1.29 is 8.42 Å². The van der Waals surface area contributed by atoms with Gasteiger partial charge in [0.05, 0.1) is 0 Å². The van der Waals surface area contributed by atoms with Gasteiger partial charge in [-0.1, -0.05) is 24.3 Å². The van der Waals surface area contributed by atoms with Crippen LogP contribution in [0.25, 0.3) is 0 Å². The summed E-state index contributed by atoms with van der Waals surface area (Å²) in [5, 5.41) is 3.61. The Morgan fingerprint density at radius 1 is 0.958 bits per heavy atom. The average Bonchev–Trinajstić information content (AvgIpc) is 3.44. The first-order valence-corrected chi connectivity index (χ1v) is 10.6. The molecule has 2 aliphatic heterocycles. The van der Waals surface area contributed by atoms with Crippen molar-refractivity contribution in [3.05, 3.63) is 35.4 Å². The van der Waals surface area contributed by atoms with Crippen molar-refractivity contribution in [3.8, 4) is 0 Å². The number of fused-ring (bicyclic) bond motifs is 1. The summed E-state index contributed by atoms with van der Waals surface area (Å²) >= 11 is 0. The lowest BCUT2D eigenvalue weighted by Crippen LogP contribution is -2.51. The lowest BCUT2D eigenvalue weighted by Gasteiger charge is -2.37. The van der Waals surface area contributed by atoms with Crippen LogP contribution in [0.2, 0.25) is 0 Å². The number of nitrogens with one attached hydrogen (secondary N) is 1. The standard InChI is InChI=1S/C18H27N3O2S/c22-24(23,21-10-7-16-3-1-2-4-17(16)14-21)20-11-8-18(9-12-20)19-13-15-5-6-15/h1-4,15,18-19H,5-14H2. The second-order valence-corrected chi connectivity index (χ2v) is 9.31. The molecule has 5 nitrogen and oxygen atoms in total. The quantitative estimate of drug-likeness (QED) is 0.881. The molecular formula is C18H27N3O2S. The number of rotatable bonds is 5. The van der Waals surface area contributed by atoms with Crippen molar-refractivity contribution in [2.45, 2.75) is 44.7 Å². The minimum atomic E-state index is -3.33. The lowest BCUT2D eigenvalue weighted by molar-refractivity contribution is 0.261. The Hall–Kier alpha value is -0.950. The normalized spacial score (nSPS) is 24.0. The van der Waals surface area contributed by atoms with Crippen LogP contribution in [0.1, 0.15) is 36.8 Å². The Balaban J connectivity index is 1.35. The molecule has 0 aromatic heterocycles. The number of nitrogens with zero attached hydrogens (tertiary/aromatic N) is 2. The molecule has 2 heterocycles. The van der Waals surface area contributed by atoms with Gasteiger partial charge in [0, 0.05) is 32.2 Å². The highest BCUT2D eigenvalue weighted by Gasteiger charge is 2.34. The van der Waals surface area contributed by atoms with Crippen LogP contribution in [0.15, 0.2) is 24.3 Å². The number of piperidine rings is 1. The molecule has 1 aromatic carbocycles. The maximum absolute atomic E-state index is 13.0. The van der Waals surface area contributed by atoms with Gasteiger partial charge in [-0.2, -0.15) is 17.0 Å². The van der Waals surface area contributed by atoms with Gasteiger partial charge >= 0.3 is 0 Å². The predicted molar refractivity (Wildman–Crippen MR) is 94.8 cm³/mol. The van der Waals surface area contributed by atoms with Crippen molar-refractivity contribution in [1.82, 2.24) is 13.9 Å². The molecule has 4 rings (SSSR count). The monoisotopic (exact) mass is 349 g/mol. The van der Waals surface area contributed by atoms with Crippen LogP contribution in [-0.2, 0) is 23.2 Å². The zero-order chi connectivity index (χ0) is 16.6. The van der Waals surface area contributed by atoms with Crippen LogP contribution in [0.5, 0.6) is 0 Å². The zero-order valence-corrected chi connectivity index (χ0v) is 15.0. The molecule has 2 fully saturated rings. The Morgan fingerprint density at radius 2 is 1.67 bits per heavy atom.